The molecule has 1 unspecified atom stereocenters. The van der Waals surface area contributed by atoms with Crippen molar-refractivity contribution >= 4 is 43.7 Å². The Morgan fingerprint density at radius 3 is 2.61 bits per heavy atom. The van der Waals surface area contributed by atoms with Crippen LogP contribution in [-0.2, 0) is 4.79 Å². The van der Waals surface area contributed by atoms with Gasteiger partial charge in [-0.15, -0.1) is 0 Å². The van der Waals surface area contributed by atoms with E-state index in [-0.39, 0.29) is 11.8 Å². The summed E-state index contributed by atoms with van der Waals surface area (Å²) in [6, 6.07) is 4.73. The van der Waals surface area contributed by atoms with Gasteiger partial charge in [0.15, 0.2) is 0 Å². The molecule has 2 amide bonds. The van der Waals surface area contributed by atoms with Crippen LogP contribution in [0.1, 0.15) is 24.2 Å². The molecule has 18 heavy (non-hydrogen) atoms. The number of rotatable bonds is 4. The minimum atomic E-state index is -0.566. The molecule has 0 aliphatic heterocycles. The van der Waals surface area contributed by atoms with Crippen LogP contribution in [0.5, 0.6) is 0 Å². The maximum atomic E-state index is 12.0. The predicted octanol–water partition coefficient (Wildman–Crippen LogP) is 2.47. The molecular formula is C12H14Br2N2O2. The van der Waals surface area contributed by atoms with E-state index >= 15 is 0 Å². The molecule has 1 atom stereocenters. The summed E-state index contributed by atoms with van der Waals surface area (Å²) in [6.45, 7) is 4.02. The molecule has 4 nitrogen and oxygen atoms in total. The first-order chi connectivity index (χ1) is 8.45. The molecule has 2 N–H and O–H groups in total. The molecule has 6 heteroatoms. The summed E-state index contributed by atoms with van der Waals surface area (Å²) >= 11 is 6.61. The van der Waals surface area contributed by atoms with E-state index in [1.54, 1.807) is 19.1 Å². The predicted molar refractivity (Wildman–Crippen MR) is 77.5 cm³/mol. The van der Waals surface area contributed by atoms with Gasteiger partial charge in [0.25, 0.3) is 5.91 Å². The zero-order valence-corrected chi connectivity index (χ0v) is 13.3. The van der Waals surface area contributed by atoms with Crippen LogP contribution in [0.15, 0.2) is 27.1 Å². The van der Waals surface area contributed by atoms with Crippen molar-refractivity contribution in [3.8, 4) is 0 Å². The summed E-state index contributed by atoms with van der Waals surface area (Å²) in [4.78, 5) is 23.5. The van der Waals surface area contributed by atoms with Gasteiger partial charge < -0.3 is 10.6 Å². The van der Waals surface area contributed by atoms with Crippen molar-refractivity contribution in [3.05, 3.63) is 32.7 Å². The number of likely N-dealkylation sites (N-methyl/N-ethyl adjacent to an activating group) is 1. The fraction of sp³-hybridized carbons (Fsp3) is 0.333. The molecule has 0 saturated carbocycles. The second-order valence-electron chi connectivity index (χ2n) is 3.71. The van der Waals surface area contributed by atoms with Gasteiger partial charge in [-0.1, -0.05) is 15.9 Å². The molecule has 1 aromatic carbocycles. The van der Waals surface area contributed by atoms with Gasteiger partial charge in [0.05, 0.1) is 5.56 Å². The first-order valence-electron chi connectivity index (χ1n) is 5.49. The van der Waals surface area contributed by atoms with Crippen LogP contribution < -0.4 is 10.6 Å². The van der Waals surface area contributed by atoms with Gasteiger partial charge in [0.2, 0.25) is 5.91 Å². The lowest BCUT2D eigenvalue weighted by molar-refractivity contribution is -0.122. The lowest BCUT2D eigenvalue weighted by Gasteiger charge is -2.14. The Morgan fingerprint density at radius 1 is 1.33 bits per heavy atom. The van der Waals surface area contributed by atoms with E-state index in [1.165, 1.54) is 0 Å². The first kappa shape index (κ1) is 15.2. The molecular weight excluding hydrogens is 364 g/mol. The number of amides is 2. The average Bonchev–Trinajstić information content (AvgIpc) is 2.32. The highest BCUT2D eigenvalue weighted by Gasteiger charge is 2.17. The number of nitrogens with one attached hydrogen (secondary N) is 2. The van der Waals surface area contributed by atoms with Crippen molar-refractivity contribution < 1.29 is 9.59 Å². The molecule has 1 rings (SSSR count). The van der Waals surface area contributed by atoms with Crippen LogP contribution in [0.3, 0.4) is 0 Å². The lowest BCUT2D eigenvalue weighted by atomic mass is 10.2. The zero-order chi connectivity index (χ0) is 13.7. The summed E-state index contributed by atoms with van der Waals surface area (Å²) in [5, 5.41) is 5.30. The number of carbonyl (C=O) groups excluding carboxylic acids is 2. The molecule has 0 aliphatic rings. The Morgan fingerprint density at radius 2 is 2.00 bits per heavy atom. The average molecular weight is 378 g/mol. The molecule has 1 aromatic rings. The summed E-state index contributed by atoms with van der Waals surface area (Å²) < 4.78 is 1.49. The molecule has 0 saturated heterocycles. The third-order valence-corrected chi connectivity index (χ3v) is 3.45. The Hall–Kier alpha value is -0.880. The number of hydrogen-bond acceptors (Lipinski definition) is 2. The molecule has 0 aromatic heterocycles. The minimum absolute atomic E-state index is 0.197. The number of benzene rings is 1. The van der Waals surface area contributed by atoms with Crippen LogP contribution in [0.25, 0.3) is 0 Å². The highest BCUT2D eigenvalue weighted by molar-refractivity contribution is 9.11. The van der Waals surface area contributed by atoms with E-state index in [0.29, 0.717) is 16.6 Å². The van der Waals surface area contributed by atoms with Crippen molar-refractivity contribution in [1.29, 1.82) is 0 Å². The van der Waals surface area contributed by atoms with Gasteiger partial charge in [-0.05, 0) is 48.0 Å². The van der Waals surface area contributed by atoms with E-state index < -0.39 is 6.04 Å². The maximum Gasteiger partial charge on any atom is 0.253 e. The van der Waals surface area contributed by atoms with Crippen molar-refractivity contribution in [2.75, 3.05) is 6.54 Å². The van der Waals surface area contributed by atoms with E-state index in [2.05, 4.69) is 42.5 Å². The van der Waals surface area contributed by atoms with E-state index in [0.717, 1.165) is 4.47 Å². The van der Waals surface area contributed by atoms with Gasteiger partial charge in [-0.25, -0.2) is 0 Å². The second kappa shape index (κ2) is 6.89. The summed E-state index contributed by atoms with van der Waals surface area (Å²) in [6.07, 6.45) is 0. The molecule has 0 heterocycles. The van der Waals surface area contributed by atoms with E-state index in [9.17, 15) is 9.59 Å². The lowest BCUT2D eigenvalue weighted by Crippen LogP contribution is -2.44. The Kier molecular flexibility index (Phi) is 5.81. The Bertz CT molecular complexity index is 463. The summed E-state index contributed by atoms with van der Waals surface area (Å²) in [7, 11) is 0. The number of carbonyl (C=O) groups is 2. The van der Waals surface area contributed by atoms with Crippen LogP contribution in [-0.4, -0.2) is 24.4 Å². The molecule has 98 valence electrons. The standard InChI is InChI=1S/C12H14Br2N2O2/c1-3-15-11(17)7(2)16-12(18)9-6-8(13)4-5-10(9)14/h4-7H,3H2,1-2H3,(H,15,17)(H,16,18). The smallest absolute Gasteiger partial charge is 0.253 e. The van der Waals surface area contributed by atoms with Gasteiger partial charge >= 0.3 is 0 Å². The fourth-order valence-corrected chi connectivity index (χ4v) is 2.13. The molecule has 0 bridgehead atoms. The highest BCUT2D eigenvalue weighted by atomic mass is 79.9. The third-order valence-electron chi connectivity index (χ3n) is 2.26. The second-order valence-corrected chi connectivity index (χ2v) is 5.48. The van der Waals surface area contributed by atoms with Crippen molar-refractivity contribution in [1.82, 2.24) is 10.6 Å². The summed E-state index contributed by atoms with van der Waals surface area (Å²) in [5.74, 6) is -0.487. The number of hydrogen-bond donors (Lipinski definition) is 2. The SMILES string of the molecule is CCNC(=O)C(C)NC(=O)c1cc(Br)ccc1Br. The highest BCUT2D eigenvalue weighted by Crippen LogP contribution is 2.21. The van der Waals surface area contributed by atoms with Gasteiger partial charge in [-0.3, -0.25) is 9.59 Å². The van der Waals surface area contributed by atoms with Crippen LogP contribution >= 0.6 is 31.9 Å². The van der Waals surface area contributed by atoms with E-state index in [4.69, 9.17) is 0 Å². The maximum absolute atomic E-state index is 12.0. The van der Waals surface area contributed by atoms with Crippen LogP contribution in [0, 0.1) is 0 Å². The number of halogens is 2. The van der Waals surface area contributed by atoms with Gasteiger partial charge in [0.1, 0.15) is 6.04 Å². The molecule has 0 radical (unpaired) electrons. The van der Waals surface area contributed by atoms with Gasteiger partial charge in [0, 0.05) is 15.5 Å². The quantitative estimate of drug-likeness (QED) is 0.846. The molecule has 0 spiro atoms. The Balaban J connectivity index is 2.76. The zero-order valence-electron chi connectivity index (χ0n) is 10.1. The van der Waals surface area contributed by atoms with Crippen molar-refractivity contribution in [2.24, 2.45) is 0 Å². The monoisotopic (exact) mass is 376 g/mol. The largest absolute Gasteiger partial charge is 0.355 e. The Labute approximate surface area is 123 Å². The fourth-order valence-electron chi connectivity index (χ4n) is 1.34. The van der Waals surface area contributed by atoms with E-state index in [1.807, 2.05) is 13.0 Å². The van der Waals surface area contributed by atoms with Crippen molar-refractivity contribution in [3.63, 3.8) is 0 Å². The van der Waals surface area contributed by atoms with Gasteiger partial charge in [-0.2, -0.15) is 0 Å². The topological polar surface area (TPSA) is 58.2 Å². The normalized spacial score (nSPS) is 11.8. The third kappa shape index (κ3) is 4.10. The van der Waals surface area contributed by atoms with Crippen molar-refractivity contribution in [2.45, 2.75) is 19.9 Å². The minimum Gasteiger partial charge on any atom is -0.355 e. The summed E-state index contributed by atoms with van der Waals surface area (Å²) in [5.41, 5.74) is 0.487. The van der Waals surface area contributed by atoms with Crippen LogP contribution in [0.2, 0.25) is 0 Å². The first-order valence-corrected chi connectivity index (χ1v) is 7.08. The molecule has 0 fully saturated rings. The van der Waals surface area contributed by atoms with Crippen LogP contribution in [0.4, 0.5) is 0 Å². The molecule has 0 aliphatic carbocycles.